The first-order valence-electron chi connectivity index (χ1n) is 6.62. The van der Waals surface area contributed by atoms with E-state index < -0.39 is 5.97 Å². The minimum absolute atomic E-state index is 0.0831. The number of carbonyl (C=O) groups is 1. The lowest BCUT2D eigenvalue weighted by molar-refractivity contribution is 0.0527. The third kappa shape index (κ3) is 2.66. The van der Waals surface area contributed by atoms with Crippen molar-refractivity contribution >= 4 is 17.3 Å². The molecule has 0 aromatic heterocycles. The summed E-state index contributed by atoms with van der Waals surface area (Å²) < 4.78 is 4.99. The Morgan fingerprint density at radius 1 is 1.58 bits per heavy atom. The molecular weight excluding hydrogens is 244 g/mol. The summed E-state index contributed by atoms with van der Waals surface area (Å²) >= 11 is 0. The molecular formula is C14H20N2O3. The molecule has 3 N–H and O–H groups in total. The van der Waals surface area contributed by atoms with E-state index in [1.54, 1.807) is 19.1 Å². The highest BCUT2D eigenvalue weighted by Crippen LogP contribution is 2.32. The van der Waals surface area contributed by atoms with E-state index in [1.807, 2.05) is 6.07 Å². The number of para-hydroxylation sites is 1. The van der Waals surface area contributed by atoms with E-state index in [-0.39, 0.29) is 12.6 Å². The first-order valence-corrected chi connectivity index (χ1v) is 6.62. The van der Waals surface area contributed by atoms with E-state index in [4.69, 9.17) is 10.5 Å². The van der Waals surface area contributed by atoms with Gasteiger partial charge in [0.25, 0.3) is 0 Å². The fourth-order valence-corrected chi connectivity index (χ4v) is 2.53. The van der Waals surface area contributed by atoms with Gasteiger partial charge in [-0.3, -0.25) is 0 Å². The molecule has 0 aliphatic carbocycles. The third-order valence-corrected chi connectivity index (χ3v) is 3.48. The van der Waals surface area contributed by atoms with Gasteiger partial charge in [0.15, 0.2) is 0 Å². The Morgan fingerprint density at radius 3 is 3.05 bits per heavy atom. The highest BCUT2D eigenvalue weighted by atomic mass is 16.5. The lowest BCUT2D eigenvalue weighted by Gasteiger charge is -2.27. The second kappa shape index (κ2) is 5.93. The van der Waals surface area contributed by atoms with Crippen molar-refractivity contribution in [3.63, 3.8) is 0 Å². The number of nitrogens with two attached hydrogens (primary N) is 1. The zero-order valence-corrected chi connectivity index (χ0v) is 11.1. The van der Waals surface area contributed by atoms with Gasteiger partial charge in [0, 0.05) is 6.54 Å². The Labute approximate surface area is 113 Å². The summed E-state index contributed by atoms with van der Waals surface area (Å²) in [5.41, 5.74) is 7.72. The summed E-state index contributed by atoms with van der Waals surface area (Å²) in [6.07, 6.45) is 1.97. The smallest absolute Gasteiger partial charge is 0.340 e. The molecule has 0 amide bonds. The quantitative estimate of drug-likeness (QED) is 0.635. The topological polar surface area (TPSA) is 75.8 Å². The van der Waals surface area contributed by atoms with Crippen molar-refractivity contribution in [3.8, 4) is 0 Å². The van der Waals surface area contributed by atoms with Crippen LogP contribution in [0.4, 0.5) is 11.4 Å². The summed E-state index contributed by atoms with van der Waals surface area (Å²) in [6.45, 7) is 3.04. The van der Waals surface area contributed by atoms with Crippen LogP contribution in [0, 0.1) is 0 Å². The molecule has 1 aromatic carbocycles. The first kappa shape index (κ1) is 13.7. The van der Waals surface area contributed by atoms with Crippen LogP contribution in [0.3, 0.4) is 0 Å². The van der Waals surface area contributed by atoms with Gasteiger partial charge in [-0.15, -0.1) is 0 Å². The van der Waals surface area contributed by atoms with Crippen molar-refractivity contribution in [2.24, 2.45) is 0 Å². The van der Waals surface area contributed by atoms with Crippen molar-refractivity contribution in [1.29, 1.82) is 0 Å². The summed E-state index contributed by atoms with van der Waals surface area (Å²) in [7, 11) is 0. The molecule has 0 saturated carbocycles. The van der Waals surface area contributed by atoms with Crippen LogP contribution in [0.5, 0.6) is 0 Å². The SMILES string of the molecule is CCOC(=O)c1cccc(N2CCCC2CO)c1N. The molecule has 1 aromatic rings. The molecule has 1 atom stereocenters. The number of anilines is 2. The molecule has 2 rings (SSSR count). The molecule has 1 unspecified atom stereocenters. The van der Waals surface area contributed by atoms with Crippen LogP contribution in [0.25, 0.3) is 0 Å². The lowest BCUT2D eigenvalue weighted by Crippen LogP contribution is -2.32. The lowest BCUT2D eigenvalue weighted by atomic mass is 10.1. The van der Waals surface area contributed by atoms with E-state index >= 15 is 0 Å². The van der Waals surface area contributed by atoms with E-state index in [9.17, 15) is 9.90 Å². The Balaban J connectivity index is 2.31. The minimum atomic E-state index is -0.401. The van der Waals surface area contributed by atoms with Gasteiger partial charge in [-0.05, 0) is 31.9 Å². The van der Waals surface area contributed by atoms with E-state index in [0.717, 1.165) is 25.1 Å². The number of nitrogens with zero attached hydrogens (tertiary/aromatic N) is 1. The maximum absolute atomic E-state index is 11.8. The van der Waals surface area contributed by atoms with Gasteiger partial charge < -0.3 is 20.5 Å². The summed E-state index contributed by atoms with van der Waals surface area (Å²) in [4.78, 5) is 13.9. The molecule has 1 fully saturated rings. The number of aliphatic hydroxyl groups excluding tert-OH is 1. The van der Waals surface area contributed by atoms with Crippen LogP contribution in [0.15, 0.2) is 18.2 Å². The maximum atomic E-state index is 11.8. The average Bonchev–Trinajstić information content (AvgIpc) is 2.87. The number of nitrogen functional groups attached to an aromatic ring is 1. The van der Waals surface area contributed by atoms with E-state index in [2.05, 4.69) is 4.90 Å². The monoisotopic (exact) mass is 264 g/mol. The highest BCUT2D eigenvalue weighted by molar-refractivity contribution is 5.98. The molecule has 0 spiro atoms. The second-order valence-corrected chi connectivity index (χ2v) is 4.63. The summed E-state index contributed by atoms with van der Waals surface area (Å²) in [6, 6.07) is 5.43. The van der Waals surface area contributed by atoms with Gasteiger partial charge >= 0.3 is 5.97 Å². The number of carbonyl (C=O) groups excluding carboxylic acids is 1. The molecule has 104 valence electrons. The van der Waals surface area contributed by atoms with Crippen LogP contribution in [-0.4, -0.2) is 36.9 Å². The van der Waals surface area contributed by atoms with Crippen molar-refractivity contribution < 1.29 is 14.6 Å². The van der Waals surface area contributed by atoms with Gasteiger partial charge in [0.05, 0.1) is 36.2 Å². The number of rotatable bonds is 4. The van der Waals surface area contributed by atoms with E-state index in [1.165, 1.54) is 0 Å². The van der Waals surface area contributed by atoms with Gasteiger partial charge in [-0.1, -0.05) is 6.07 Å². The van der Waals surface area contributed by atoms with Gasteiger partial charge in [0.2, 0.25) is 0 Å². The van der Waals surface area contributed by atoms with Gasteiger partial charge in [-0.25, -0.2) is 4.79 Å². The van der Waals surface area contributed by atoms with Crippen LogP contribution >= 0.6 is 0 Å². The fraction of sp³-hybridized carbons (Fsp3) is 0.500. The average molecular weight is 264 g/mol. The normalized spacial score (nSPS) is 18.6. The van der Waals surface area contributed by atoms with Crippen LogP contribution in [0.1, 0.15) is 30.1 Å². The standard InChI is InChI=1S/C14H20N2O3/c1-2-19-14(18)11-6-3-7-12(13(11)15)16-8-4-5-10(16)9-17/h3,6-7,10,17H,2,4-5,8-9,15H2,1H3. The Morgan fingerprint density at radius 2 is 2.37 bits per heavy atom. The zero-order valence-electron chi connectivity index (χ0n) is 11.1. The molecule has 5 nitrogen and oxygen atoms in total. The number of esters is 1. The molecule has 0 radical (unpaired) electrons. The van der Waals surface area contributed by atoms with Crippen molar-refractivity contribution in [1.82, 2.24) is 0 Å². The molecule has 19 heavy (non-hydrogen) atoms. The predicted molar refractivity (Wildman–Crippen MR) is 74.3 cm³/mol. The molecule has 1 aliphatic rings. The second-order valence-electron chi connectivity index (χ2n) is 4.63. The molecule has 1 heterocycles. The largest absolute Gasteiger partial charge is 0.462 e. The number of hydrogen-bond acceptors (Lipinski definition) is 5. The van der Waals surface area contributed by atoms with Gasteiger partial charge in [-0.2, -0.15) is 0 Å². The Bertz CT molecular complexity index is 462. The number of ether oxygens (including phenoxy) is 1. The predicted octanol–water partition coefficient (Wildman–Crippen LogP) is 1.41. The van der Waals surface area contributed by atoms with E-state index in [0.29, 0.717) is 17.9 Å². The van der Waals surface area contributed by atoms with Crippen molar-refractivity contribution in [2.75, 3.05) is 30.4 Å². The van der Waals surface area contributed by atoms with Crippen LogP contribution in [-0.2, 0) is 4.74 Å². The number of aliphatic hydroxyl groups is 1. The number of benzene rings is 1. The molecule has 1 aliphatic heterocycles. The summed E-state index contributed by atoms with van der Waals surface area (Å²) in [5.74, 6) is -0.401. The molecule has 5 heteroatoms. The van der Waals surface area contributed by atoms with Crippen molar-refractivity contribution in [2.45, 2.75) is 25.8 Å². The van der Waals surface area contributed by atoms with Crippen molar-refractivity contribution in [3.05, 3.63) is 23.8 Å². The van der Waals surface area contributed by atoms with Crippen LogP contribution in [0.2, 0.25) is 0 Å². The Kier molecular flexibility index (Phi) is 4.27. The molecule has 1 saturated heterocycles. The Hall–Kier alpha value is -1.75. The van der Waals surface area contributed by atoms with Crippen LogP contribution < -0.4 is 10.6 Å². The first-order chi connectivity index (χ1) is 9.19. The fourth-order valence-electron chi connectivity index (χ4n) is 2.53. The summed E-state index contributed by atoms with van der Waals surface area (Å²) in [5, 5.41) is 9.38. The third-order valence-electron chi connectivity index (χ3n) is 3.48. The highest BCUT2D eigenvalue weighted by Gasteiger charge is 2.26. The number of hydrogen-bond donors (Lipinski definition) is 2. The maximum Gasteiger partial charge on any atom is 0.340 e. The minimum Gasteiger partial charge on any atom is -0.462 e. The van der Waals surface area contributed by atoms with Gasteiger partial charge in [0.1, 0.15) is 0 Å². The molecule has 0 bridgehead atoms. The zero-order chi connectivity index (χ0) is 13.8.